The number of likely N-dealkylation sites (tertiary alicyclic amines) is 1. The van der Waals surface area contributed by atoms with E-state index in [-0.39, 0.29) is 18.7 Å². The van der Waals surface area contributed by atoms with Gasteiger partial charge in [-0.1, -0.05) is 12.8 Å². The summed E-state index contributed by atoms with van der Waals surface area (Å²) in [5.74, 6) is -0.196. The van der Waals surface area contributed by atoms with E-state index < -0.39 is 11.6 Å². The average molecular weight is 270 g/mol. The molecule has 0 aromatic carbocycles. The van der Waals surface area contributed by atoms with Crippen molar-refractivity contribution in [3.8, 4) is 0 Å². The van der Waals surface area contributed by atoms with Crippen molar-refractivity contribution in [2.45, 2.75) is 44.8 Å². The summed E-state index contributed by atoms with van der Waals surface area (Å²) in [5, 5.41) is 11.5. The third kappa shape index (κ3) is 4.09. The predicted octanol–water partition coefficient (Wildman–Crippen LogP) is 1.06. The van der Waals surface area contributed by atoms with Gasteiger partial charge < -0.3 is 20.1 Å². The van der Waals surface area contributed by atoms with Crippen LogP contribution in [0.5, 0.6) is 0 Å². The van der Waals surface area contributed by atoms with Gasteiger partial charge in [-0.15, -0.1) is 0 Å². The van der Waals surface area contributed by atoms with Crippen molar-refractivity contribution in [2.75, 3.05) is 19.7 Å². The van der Waals surface area contributed by atoms with E-state index in [9.17, 15) is 9.59 Å². The SMILES string of the molecule is CC(CC1CC1)NC(=O)N1CC(C)(OCC(=O)O)C1. The molecule has 1 aliphatic carbocycles. The van der Waals surface area contributed by atoms with Gasteiger partial charge in [-0.3, -0.25) is 0 Å². The quantitative estimate of drug-likeness (QED) is 0.756. The molecule has 108 valence electrons. The van der Waals surface area contributed by atoms with Crippen LogP contribution in [-0.2, 0) is 9.53 Å². The molecule has 0 bridgehead atoms. The van der Waals surface area contributed by atoms with E-state index in [4.69, 9.17) is 9.84 Å². The van der Waals surface area contributed by atoms with Crippen molar-refractivity contribution in [3.05, 3.63) is 0 Å². The molecule has 2 rings (SSSR count). The number of nitrogens with one attached hydrogen (secondary N) is 1. The van der Waals surface area contributed by atoms with E-state index in [2.05, 4.69) is 5.32 Å². The maximum atomic E-state index is 11.9. The second-order valence-electron chi connectivity index (χ2n) is 6.02. The molecule has 0 spiro atoms. The molecule has 1 atom stereocenters. The van der Waals surface area contributed by atoms with Gasteiger partial charge in [-0.05, 0) is 26.2 Å². The topological polar surface area (TPSA) is 78.9 Å². The van der Waals surface area contributed by atoms with Crippen molar-refractivity contribution in [1.29, 1.82) is 0 Å². The lowest BCUT2D eigenvalue weighted by molar-refractivity contribution is -0.159. The molecular weight excluding hydrogens is 248 g/mol. The Morgan fingerprint density at radius 1 is 1.47 bits per heavy atom. The molecule has 2 fully saturated rings. The molecule has 0 aromatic rings. The molecule has 1 unspecified atom stereocenters. The van der Waals surface area contributed by atoms with Gasteiger partial charge in [0, 0.05) is 6.04 Å². The molecule has 2 amide bonds. The maximum Gasteiger partial charge on any atom is 0.329 e. The summed E-state index contributed by atoms with van der Waals surface area (Å²) in [6, 6.07) is 0.122. The Kier molecular flexibility index (Phi) is 3.99. The number of rotatable bonds is 6. The lowest BCUT2D eigenvalue weighted by atomic mass is 9.97. The number of ether oxygens (including phenoxy) is 1. The van der Waals surface area contributed by atoms with E-state index in [1.807, 2.05) is 13.8 Å². The first kappa shape index (κ1) is 14.1. The highest BCUT2D eigenvalue weighted by molar-refractivity contribution is 5.75. The van der Waals surface area contributed by atoms with Crippen LogP contribution in [0.15, 0.2) is 0 Å². The van der Waals surface area contributed by atoms with Gasteiger partial charge in [-0.2, -0.15) is 0 Å². The molecular formula is C13H22N2O4. The second kappa shape index (κ2) is 5.36. The minimum atomic E-state index is -0.984. The molecule has 1 aliphatic heterocycles. The number of hydrogen-bond donors (Lipinski definition) is 2. The van der Waals surface area contributed by atoms with Gasteiger partial charge >= 0.3 is 12.0 Å². The van der Waals surface area contributed by atoms with E-state index in [0.29, 0.717) is 13.1 Å². The van der Waals surface area contributed by atoms with Crippen LogP contribution in [0.1, 0.15) is 33.1 Å². The predicted molar refractivity (Wildman–Crippen MR) is 68.9 cm³/mol. The Labute approximate surface area is 113 Å². The third-order valence-electron chi connectivity index (χ3n) is 3.64. The molecule has 1 heterocycles. The maximum absolute atomic E-state index is 11.9. The standard InChI is InChI=1S/C13H22N2O4/c1-9(5-10-3-4-10)14-12(18)15-7-13(2,8-15)19-6-11(16)17/h9-10H,3-8H2,1-2H3,(H,14,18)(H,16,17). The molecule has 1 saturated heterocycles. The molecule has 2 N–H and O–H groups in total. The highest BCUT2D eigenvalue weighted by Gasteiger charge is 2.43. The summed E-state index contributed by atoms with van der Waals surface area (Å²) >= 11 is 0. The molecule has 2 aliphatic rings. The Bertz CT molecular complexity index is 362. The van der Waals surface area contributed by atoms with E-state index in [1.54, 1.807) is 4.90 Å². The average Bonchev–Trinajstić information content (AvgIpc) is 3.05. The normalized spacial score (nSPS) is 22.5. The summed E-state index contributed by atoms with van der Waals surface area (Å²) in [7, 11) is 0. The van der Waals surface area contributed by atoms with Crippen molar-refractivity contribution < 1.29 is 19.4 Å². The van der Waals surface area contributed by atoms with Crippen molar-refractivity contribution in [2.24, 2.45) is 5.92 Å². The zero-order valence-corrected chi connectivity index (χ0v) is 11.5. The molecule has 6 heteroatoms. The summed E-state index contributed by atoms with van der Waals surface area (Å²) in [6.45, 7) is 4.43. The summed E-state index contributed by atoms with van der Waals surface area (Å²) < 4.78 is 5.27. The van der Waals surface area contributed by atoms with Gasteiger partial charge in [0.1, 0.15) is 12.2 Å². The van der Waals surface area contributed by atoms with Crippen LogP contribution in [0, 0.1) is 5.92 Å². The van der Waals surface area contributed by atoms with Crippen molar-refractivity contribution in [1.82, 2.24) is 10.2 Å². The lowest BCUT2D eigenvalue weighted by Gasteiger charge is -2.47. The zero-order chi connectivity index (χ0) is 14.0. The van der Waals surface area contributed by atoms with Crippen LogP contribution < -0.4 is 5.32 Å². The smallest absolute Gasteiger partial charge is 0.329 e. The van der Waals surface area contributed by atoms with Crippen LogP contribution in [0.2, 0.25) is 0 Å². The highest BCUT2D eigenvalue weighted by Crippen LogP contribution is 2.33. The number of nitrogens with zero attached hydrogens (tertiary/aromatic N) is 1. The third-order valence-corrected chi connectivity index (χ3v) is 3.64. The van der Waals surface area contributed by atoms with Gasteiger partial charge in [-0.25, -0.2) is 9.59 Å². The van der Waals surface area contributed by atoms with E-state index in [0.717, 1.165) is 12.3 Å². The monoisotopic (exact) mass is 270 g/mol. The minimum absolute atomic E-state index is 0.0791. The second-order valence-corrected chi connectivity index (χ2v) is 6.02. The van der Waals surface area contributed by atoms with Gasteiger partial charge in [0.05, 0.1) is 13.1 Å². The number of carboxylic acids is 1. The number of urea groups is 1. The number of carbonyl (C=O) groups is 2. The van der Waals surface area contributed by atoms with Gasteiger partial charge in [0.15, 0.2) is 0 Å². The van der Waals surface area contributed by atoms with Crippen LogP contribution in [0.25, 0.3) is 0 Å². The van der Waals surface area contributed by atoms with Crippen molar-refractivity contribution >= 4 is 12.0 Å². The lowest BCUT2D eigenvalue weighted by Crippen LogP contribution is -2.65. The number of carboxylic acid groups (broad SMARTS) is 1. The number of carbonyl (C=O) groups excluding carboxylic acids is 1. The van der Waals surface area contributed by atoms with Crippen LogP contribution >= 0.6 is 0 Å². The Balaban J connectivity index is 1.66. The van der Waals surface area contributed by atoms with E-state index in [1.165, 1.54) is 12.8 Å². The Morgan fingerprint density at radius 2 is 2.11 bits per heavy atom. The summed E-state index contributed by atoms with van der Waals surface area (Å²) in [5.41, 5.74) is -0.518. The Hall–Kier alpha value is -1.30. The fourth-order valence-corrected chi connectivity index (χ4v) is 2.45. The summed E-state index contributed by atoms with van der Waals surface area (Å²) in [4.78, 5) is 24.0. The van der Waals surface area contributed by atoms with Gasteiger partial charge in [0.2, 0.25) is 0 Å². The fraction of sp³-hybridized carbons (Fsp3) is 0.846. The first-order valence-corrected chi connectivity index (χ1v) is 6.79. The molecule has 6 nitrogen and oxygen atoms in total. The minimum Gasteiger partial charge on any atom is -0.480 e. The molecule has 19 heavy (non-hydrogen) atoms. The van der Waals surface area contributed by atoms with Crippen LogP contribution in [0.3, 0.4) is 0 Å². The number of amides is 2. The highest BCUT2D eigenvalue weighted by atomic mass is 16.5. The number of hydrogen-bond acceptors (Lipinski definition) is 3. The van der Waals surface area contributed by atoms with E-state index >= 15 is 0 Å². The van der Waals surface area contributed by atoms with Gasteiger partial charge in [0.25, 0.3) is 0 Å². The largest absolute Gasteiger partial charge is 0.480 e. The number of aliphatic carboxylic acids is 1. The molecule has 0 radical (unpaired) electrons. The zero-order valence-electron chi connectivity index (χ0n) is 11.5. The summed E-state index contributed by atoms with van der Waals surface area (Å²) in [6.07, 6.45) is 3.61. The van der Waals surface area contributed by atoms with Crippen LogP contribution in [0.4, 0.5) is 4.79 Å². The van der Waals surface area contributed by atoms with Crippen molar-refractivity contribution in [3.63, 3.8) is 0 Å². The van der Waals surface area contributed by atoms with Crippen LogP contribution in [-0.4, -0.2) is 53.3 Å². The fourth-order valence-electron chi connectivity index (χ4n) is 2.45. The molecule has 1 saturated carbocycles. The molecule has 0 aromatic heterocycles. The first-order chi connectivity index (χ1) is 8.88. The Morgan fingerprint density at radius 3 is 2.63 bits per heavy atom. The first-order valence-electron chi connectivity index (χ1n) is 6.79.